The highest BCUT2D eigenvalue weighted by atomic mass is 35.5. The van der Waals surface area contributed by atoms with Crippen LogP contribution in [-0.2, 0) is 0 Å². The smallest absolute Gasteiger partial charge is 0.264 e. The quantitative estimate of drug-likeness (QED) is 0.840. The van der Waals surface area contributed by atoms with E-state index < -0.39 is 0 Å². The van der Waals surface area contributed by atoms with Crippen LogP contribution in [0.3, 0.4) is 0 Å². The summed E-state index contributed by atoms with van der Waals surface area (Å²) in [6.07, 6.45) is 7.60. The van der Waals surface area contributed by atoms with Gasteiger partial charge in [-0.1, -0.05) is 48.6 Å². The van der Waals surface area contributed by atoms with Gasteiger partial charge in [-0.15, -0.1) is 0 Å². The second kappa shape index (κ2) is 6.38. The highest BCUT2D eigenvalue weighted by molar-refractivity contribution is 7.17. The Balaban J connectivity index is 1.85. The van der Waals surface area contributed by atoms with E-state index in [1.54, 1.807) is 0 Å². The van der Waals surface area contributed by atoms with Crippen molar-refractivity contribution in [2.24, 2.45) is 5.92 Å². The molecule has 0 radical (unpaired) electrons. The zero-order valence-electron chi connectivity index (χ0n) is 10.2. The first-order valence-corrected chi connectivity index (χ1v) is 7.56. The van der Waals surface area contributed by atoms with Crippen molar-refractivity contribution in [3.8, 4) is 0 Å². The molecule has 1 amide bonds. The van der Waals surface area contributed by atoms with Crippen LogP contribution in [0.5, 0.6) is 0 Å². The summed E-state index contributed by atoms with van der Waals surface area (Å²) in [6.45, 7) is 0.729. The van der Waals surface area contributed by atoms with Crippen LogP contribution in [0.15, 0.2) is 0 Å². The van der Waals surface area contributed by atoms with Gasteiger partial charge in [0.25, 0.3) is 5.91 Å². The van der Waals surface area contributed by atoms with Crippen LogP contribution in [0.1, 0.15) is 48.2 Å². The lowest BCUT2D eigenvalue weighted by Gasteiger charge is -2.14. The lowest BCUT2D eigenvalue weighted by Crippen LogP contribution is -2.28. The van der Waals surface area contributed by atoms with E-state index in [0.717, 1.165) is 17.9 Å². The number of hydrogen-bond acceptors (Lipinski definition) is 4. The molecule has 100 valence electrons. The fourth-order valence-corrected chi connectivity index (χ4v) is 3.33. The van der Waals surface area contributed by atoms with Crippen LogP contribution >= 0.6 is 22.9 Å². The third kappa shape index (κ3) is 3.59. The van der Waals surface area contributed by atoms with Gasteiger partial charge >= 0.3 is 0 Å². The number of nitrogens with two attached hydrogens (primary N) is 1. The number of nitrogens with zero attached hydrogens (tertiary/aromatic N) is 1. The second-order valence-corrected chi connectivity index (χ2v) is 6.13. The predicted molar refractivity (Wildman–Crippen MR) is 75.1 cm³/mol. The van der Waals surface area contributed by atoms with Gasteiger partial charge in [0.15, 0.2) is 10.3 Å². The van der Waals surface area contributed by atoms with Crippen LogP contribution in [0.25, 0.3) is 0 Å². The number of halogens is 1. The molecule has 3 N–H and O–H groups in total. The maximum Gasteiger partial charge on any atom is 0.264 e. The van der Waals surface area contributed by atoms with E-state index in [2.05, 4.69) is 10.3 Å². The van der Waals surface area contributed by atoms with Gasteiger partial charge < -0.3 is 11.1 Å². The van der Waals surface area contributed by atoms with Gasteiger partial charge in [0.05, 0.1) is 0 Å². The van der Waals surface area contributed by atoms with Crippen molar-refractivity contribution in [2.45, 2.75) is 38.5 Å². The van der Waals surface area contributed by atoms with Crippen molar-refractivity contribution in [2.75, 3.05) is 12.3 Å². The number of anilines is 1. The minimum atomic E-state index is -0.154. The Morgan fingerprint density at radius 1 is 1.39 bits per heavy atom. The minimum Gasteiger partial charge on any atom is -0.375 e. The van der Waals surface area contributed by atoms with E-state index in [9.17, 15) is 4.79 Å². The van der Waals surface area contributed by atoms with Crippen LogP contribution < -0.4 is 11.1 Å². The summed E-state index contributed by atoms with van der Waals surface area (Å²) >= 11 is 6.98. The van der Waals surface area contributed by atoms with Crippen molar-refractivity contribution < 1.29 is 4.79 Å². The summed E-state index contributed by atoms with van der Waals surface area (Å²) in [5, 5.41) is 3.48. The van der Waals surface area contributed by atoms with E-state index in [4.69, 9.17) is 17.3 Å². The molecule has 1 aromatic rings. The number of carbonyl (C=O) groups is 1. The number of amides is 1. The van der Waals surface area contributed by atoms with E-state index in [-0.39, 0.29) is 11.1 Å². The highest BCUT2D eigenvalue weighted by Crippen LogP contribution is 2.25. The molecule has 18 heavy (non-hydrogen) atoms. The molecule has 1 aliphatic rings. The fraction of sp³-hybridized carbons (Fsp3) is 0.667. The number of rotatable bonds is 3. The second-order valence-electron chi connectivity index (χ2n) is 4.74. The molecule has 1 aromatic heterocycles. The Hall–Kier alpha value is -0.810. The molecular weight excluding hydrogens is 270 g/mol. The Labute approximate surface area is 116 Å². The molecule has 0 atom stereocenters. The van der Waals surface area contributed by atoms with Gasteiger partial charge in [0, 0.05) is 6.54 Å². The van der Waals surface area contributed by atoms with Crippen molar-refractivity contribution >= 4 is 34.0 Å². The number of aromatic nitrogens is 1. The van der Waals surface area contributed by atoms with Gasteiger partial charge in [0.2, 0.25) is 0 Å². The average molecular weight is 288 g/mol. The van der Waals surface area contributed by atoms with E-state index in [1.807, 2.05) is 0 Å². The molecule has 0 aromatic carbocycles. The molecule has 1 heterocycles. The summed E-state index contributed by atoms with van der Waals surface area (Å²) in [6, 6.07) is 0. The average Bonchev–Trinajstić information content (AvgIpc) is 2.57. The molecule has 1 aliphatic carbocycles. The first kappa shape index (κ1) is 13.6. The lowest BCUT2D eigenvalue weighted by atomic mass is 10.0. The lowest BCUT2D eigenvalue weighted by molar-refractivity contribution is 0.0950. The number of thiazole rings is 1. The van der Waals surface area contributed by atoms with E-state index in [0.29, 0.717) is 15.9 Å². The SMILES string of the molecule is Nc1nc(Cl)c(C(=O)NCC2CCCCCC2)s1. The molecule has 0 spiro atoms. The Bertz CT molecular complexity index is 413. The summed E-state index contributed by atoms with van der Waals surface area (Å²) in [5.41, 5.74) is 5.52. The maximum absolute atomic E-state index is 11.9. The maximum atomic E-state index is 11.9. The molecule has 0 saturated heterocycles. The van der Waals surface area contributed by atoms with Crippen molar-refractivity contribution in [3.05, 3.63) is 10.0 Å². The predicted octanol–water partition coefficient (Wildman–Crippen LogP) is 3.08. The van der Waals surface area contributed by atoms with Crippen LogP contribution in [0.2, 0.25) is 5.15 Å². The zero-order chi connectivity index (χ0) is 13.0. The Morgan fingerprint density at radius 3 is 2.61 bits per heavy atom. The van der Waals surface area contributed by atoms with Gasteiger partial charge in [-0.2, -0.15) is 0 Å². The molecule has 6 heteroatoms. The van der Waals surface area contributed by atoms with Crippen LogP contribution in [0.4, 0.5) is 5.13 Å². The highest BCUT2D eigenvalue weighted by Gasteiger charge is 2.18. The summed E-state index contributed by atoms with van der Waals surface area (Å²) < 4.78 is 0. The van der Waals surface area contributed by atoms with Crippen molar-refractivity contribution in [3.63, 3.8) is 0 Å². The molecule has 1 fully saturated rings. The van der Waals surface area contributed by atoms with Gasteiger partial charge in [0.1, 0.15) is 4.88 Å². The van der Waals surface area contributed by atoms with Gasteiger partial charge in [-0.25, -0.2) is 4.98 Å². The Morgan fingerprint density at radius 2 is 2.06 bits per heavy atom. The molecule has 1 saturated carbocycles. The molecule has 0 bridgehead atoms. The number of nitrogens with one attached hydrogen (secondary N) is 1. The molecule has 0 unspecified atom stereocenters. The molecular formula is C12H18ClN3OS. The third-order valence-corrected chi connectivity index (χ3v) is 4.60. The van der Waals surface area contributed by atoms with Gasteiger partial charge in [-0.05, 0) is 18.8 Å². The first-order valence-electron chi connectivity index (χ1n) is 6.37. The standard InChI is InChI=1S/C12H18ClN3OS/c13-10-9(18-12(14)16-10)11(17)15-7-8-5-3-1-2-4-6-8/h8H,1-7H2,(H2,14,16)(H,15,17). The molecule has 0 aliphatic heterocycles. The van der Waals surface area contributed by atoms with Crippen LogP contribution in [-0.4, -0.2) is 17.4 Å². The summed E-state index contributed by atoms with van der Waals surface area (Å²) in [7, 11) is 0. The van der Waals surface area contributed by atoms with Crippen molar-refractivity contribution in [1.82, 2.24) is 10.3 Å². The molecule has 4 nitrogen and oxygen atoms in total. The number of nitrogen functional groups attached to an aromatic ring is 1. The summed E-state index contributed by atoms with van der Waals surface area (Å²) in [4.78, 5) is 16.2. The zero-order valence-corrected chi connectivity index (χ0v) is 11.8. The largest absolute Gasteiger partial charge is 0.375 e. The Kier molecular flexibility index (Phi) is 4.83. The molecule has 2 rings (SSSR count). The monoisotopic (exact) mass is 287 g/mol. The van der Waals surface area contributed by atoms with Crippen molar-refractivity contribution in [1.29, 1.82) is 0 Å². The third-order valence-electron chi connectivity index (χ3n) is 3.33. The minimum absolute atomic E-state index is 0.154. The summed E-state index contributed by atoms with van der Waals surface area (Å²) in [5.74, 6) is 0.443. The topological polar surface area (TPSA) is 68.0 Å². The normalized spacial score (nSPS) is 17.4. The first-order chi connectivity index (χ1) is 8.66. The number of carbonyl (C=O) groups excluding carboxylic acids is 1. The fourth-order valence-electron chi connectivity index (χ4n) is 2.34. The number of hydrogen-bond donors (Lipinski definition) is 2. The van der Waals surface area contributed by atoms with E-state index >= 15 is 0 Å². The van der Waals surface area contributed by atoms with Gasteiger partial charge in [-0.3, -0.25) is 4.79 Å². The van der Waals surface area contributed by atoms with E-state index in [1.165, 1.54) is 38.5 Å². The van der Waals surface area contributed by atoms with Crippen LogP contribution in [0, 0.1) is 5.92 Å².